The van der Waals surface area contributed by atoms with Crippen LogP contribution in [0.1, 0.15) is 31.7 Å². The number of carbonyl (C=O) groups is 2. The van der Waals surface area contributed by atoms with Crippen molar-refractivity contribution in [3.05, 3.63) is 35.9 Å². The van der Waals surface area contributed by atoms with Gasteiger partial charge in [0.15, 0.2) is 0 Å². The second-order valence-electron chi connectivity index (χ2n) is 5.73. The molecule has 1 unspecified atom stereocenters. The van der Waals surface area contributed by atoms with Crippen LogP contribution in [0.25, 0.3) is 0 Å². The van der Waals surface area contributed by atoms with Crippen molar-refractivity contribution in [3.8, 4) is 0 Å². The molecule has 126 valence electrons. The fourth-order valence-electron chi connectivity index (χ4n) is 2.75. The van der Waals surface area contributed by atoms with E-state index in [0.29, 0.717) is 0 Å². The van der Waals surface area contributed by atoms with Crippen molar-refractivity contribution in [1.29, 1.82) is 0 Å². The summed E-state index contributed by atoms with van der Waals surface area (Å²) in [6.07, 6.45) is 1.69. The Morgan fingerprint density at radius 1 is 1.26 bits per heavy atom. The van der Waals surface area contributed by atoms with Gasteiger partial charge in [0.25, 0.3) is 0 Å². The van der Waals surface area contributed by atoms with Crippen molar-refractivity contribution in [2.75, 3.05) is 19.7 Å². The zero-order valence-corrected chi connectivity index (χ0v) is 15.5. The summed E-state index contributed by atoms with van der Waals surface area (Å²) < 4.78 is 10.7. The van der Waals surface area contributed by atoms with Crippen molar-refractivity contribution in [2.24, 2.45) is 0 Å². The maximum Gasteiger partial charge on any atom is 0.318 e. The number of carbonyl (C=O) groups excluding carboxylic acids is 2. The van der Waals surface area contributed by atoms with Crippen LogP contribution in [-0.2, 0) is 24.7 Å². The lowest BCUT2D eigenvalue weighted by Crippen LogP contribution is -2.87. The van der Waals surface area contributed by atoms with Gasteiger partial charge in [-0.1, -0.05) is 52.9 Å². The molecule has 0 spiro atoms. The minimum absolute atomic E-state index is 0.0714. The van der Waals surface area contributed by atoms with E-state index in [1.807, 2.05) is 52.9 Å². The van der Waals surface area contributed by atoms with E-state index in [0.717, 1.165) is 31.5 Å². The number of piperidine rings is 1. The molecule has 0 aromatic heterocycles. The maximum absolute atomic E-state index is 12.2. The monoisotopic (exact) mass is 432 g/mol. The molecule has 1 aromatic rings. The van der Waals surface area contributed by atoms with E-state index in [1.165, 1.54) is 0 Å². The molecule has 0 saturated carbocycles. The van der Waals surface area contributed by atoms with E-state index in [4.69, 9.17) is 9.47 Å². The molecule has 0 amide bonds. The zero-order chi connectivity index (χ0) is 16.7. The van der Waals surface area contributed by atoms with Crippen LogP contribution in [0.3, 0.4) is 0 Å². The molecule has 23 heavy (non-hydrogen) atoms. The number of esters is 2. The van der Waals surface area contributed by atoms with Crippen LogP contribution < -0.4 is 5.32 Å². The predicted octanol–water partition coefficient (Wildman–Crippen LogP) is 1.54. The van der Waals surface area contributed by atoms with Crippen LogP contribution >= 0.6 is 22.6 Å². The van der Waals surface area contributed by atoms with Crippen molar-refractivity contribution in [2.45, 2.75) is 35.7 Å². The normalized spacial score (nSPS) is 18.0. The largest absolute Gasteiger partial charge is 0.464 e. The van der Waals surface area contributed by atoms with Gasteiger partial charge in [-0.25, -0.2) is 0 Å². The molecule has 1 fully saturated rings. The highest BCUT2D eigenvalue weighted by Gasteiger charge is 2.39. The number of benzene rings is 1. The van der Waals surface area contributed by atoms with Gasteiger partial charge >= 0.3 is 11.9 Å². The molecule has 2 rings (SSSR count). The van der Waals surface area contributed by atoms with Crippen molar-refractivity contribution >= 4 is 34.5 Å². The molecular weight excluding hydrogens is 409 g/mol. The Morgan fingerprint density at radius 3 is 2.52 bits per heavy atom. The molecule has 1 saturated heterocycles. The Hall–Kier alpha value is -1.15. The molecule has 1 aromatic carbocycles. The molecule has 0 bridgehead atoms. The third-order valence-corrected chi connectivity index (χ3v) is 4.50. The van der Waals surface area contributed by atoms with Crippen LogP contribution in [0, 0.1) is 0 Å². The van der Waals surface area contributed by atoms with Gasteiger partial charge in [-0.15, -0.1) is 0 Å². The Balaban J connectivity index is 1.96. The van der Waals surface area contributed by atoms with E-state index in [1.54, 1.807) is 6.92 Å². The first-order chi connectivity index (χ1) is 11.0. The standard InChI is InChI=1S/C17H22INO4/c1-13(18)16(21)22-12-7-15(20)23-17(8-10-19-11-9-17)14-5-3-2-4-6-14/h2-6,13,19H,7-12H2,1H3/p+1. The fourth-order valence-corrected chi connectivity index (χ4v) is 2.93. The Labute approximate surface area is 150 Å². The minimum atomic E-state index is -0.548. The van der Waals surface area contributed by atoms with E-state index in [9.17, 15) is 9.59 Å². The van der Waals surface area contributed by atoms with Gasteiger partial charge in [-0.3, -0.25) is 9.59 Å². The molecule has 6 heteroatoms. The highest BCUT2D eigenvalue weighted by atomic mass is 127. The third-order valence-electron chi connectivity index (χ3n) is 3.99. The second-order valence-corrected chi connectivity index (χ2v) is 7.60. The summed E-state index contributed by atoms with van der Waals surface area (Å²) in [4.78, 5) is 23.6. The Kier molecular flexibility index (Phi) is 6.83. The highest BCUT2D eigenvalue weighted by molar-refractivity contribution is 14.1. The molecule has 0 aliphatic carbocycles. The smallest absolute Gasteiger partial charge is 0.318 e. The molecule has 1 heterocycles. The van der Waals surface area contributed by atoms with Crippen LogP contribution in [-0.4, -0.2) is 35.6 Å². The number of alkyl halides is 1. The quantitative estimate of drug-likeness (QED) is 0.421. The molecular formula is C17H23INO4+. The number of ether oxygens (including phenoxy) is 2. The molecule has 2 N–H and O–H groups in total. The van der Waals surface area contributed by atoms with Gasteiger partial charge in [-0.05, 0) is 12.5 Å². The molecule has 1 aliphatic heterocycles. The van der Waals surface area contributed by atoms with Gasteiger partial charge in [0.1, 0.15) is 16.1 Å². The number of hydrogen-bond acceptors (Lipinski definition) is 4. The summed E-state index contributed by atoms with van der Waals surface area (Å²) in [5, 5.41) is 2.23. The average molecular weight is 432 g/mol. The van der Waals surface area contributed by atoms with Gasteiger partial charge in [0.2, 0.25) is 0 Å². The van der Waals surface area contributed by atoms with Crippen molar-refractivity contribution in [1.82, 2.24) is 0 Å². The summed E-state index contributed by atoms with van der Waals surface area (Å²) in [7, 11) is 0. The lowest BCUT2D eigenvalue weighted by atomic mass is 9.85. The highest BCUT2D eigenvalue weighted by Crippen LogP contribution is 2.34. The molecule has 1 aliphatic rings. The third kappa shape index (κ3) is 5.17. The average Bonchev–Trinajstić information content (AvgIpc) is 2.56. The van der Waals surface area contributed by atoms with E-state index >= 15 is 0 Å². The van der Waals surface area contributed by atoms with E-state index in [2.05, 4.69) is 5.32 Å². The SMILES string of the molecule is CC(I)C(=O)OCCC(=O)OC1(c2ccccc2)CC[NH2+]CC1. The number of hydrogen-bond donors (Lipinski definition) is 1. The van der Waals surface area contributed by atoms with E-state index in [-0.39, 0.29) is 28.9 Å². The second kappa shape index (κ2) is 8.63. The first kappa shape index (κ1) is 18.2. The van der Waals surface area contributed by atoms with Crippen LogP contribution in [0.5, 0.6) is 0 Å². The first-order valence-electron chi connectivity index (χ1n) is 7.93. The number of rotatable bonds is 6. The van der Waals surface area contributed by atoms with E-state index < -0.39 is 5.60 Å². The summed E-state index contributed by atoms with van der Waals surface area (Å²) in [6, 6.07) is 9.91. The van der Waals surface area contributed by atoms with Crippen molar-refractivity contribution in [3.63, 3.8) is 0 Å². The summed E-state index contributed by atoms with van der Waals surface area (Å²) in [5.74, 6) is -0.617. The number of nitrogens with two attached hydrogens (primary N) is 1. The first-order valence-corrected chi connectivity index (χ1v) is 9.18. The Bertz CT molecular complexity index is 527. The lowest BCUT2D eigenvalue weighted by Gasteiger charge is -2.36. The maximum atomic E-state index is 12.2. The molecule has 0 radical (unpaired) electrons. The number of halogens is 1. The van der Waals surface area contributed by atoms with Crippen LogP contribution in [0.15, 0.2) is 30.3 Å². The topological polar surface area (TPSA) is 69.2 Å². The predicted molar refractivity (Wildman–Crippen MR) is 94.2 cm³/mol. The van der Waals surface area contributed by atoms with Gasteiger partial charge in [0.05, 0.1) is 19.5 Å². The summed E-state index contributed by atoms with van der Waals surface area (Å²) in [6.45, 7) is 3.69. The van der Waals surface area contributed by atoms with Crippen molar-refractivity contribution < 1.29 is 24.4 Å². The van der Waals surface area contributed by atoms with Gasteiger partial charge < -0.3 is 14.8 Å². The number of quaternary nitrogens is 1. The minimum Gasteiger partial charge on any atom is -0.464 e. The lowest BCUT2D eigenvalue weighted by molar-refractivity contribution is -0.668. The summed E-state index contributed by atoms with van der Waals surface area (Å²) in [5.41, 5.74) is 0.493. The Morgan fingerprint density at radius 2 is 1.91 bits per heavy atom. The zero-order valence-electron chi connectivity index (χ0n) is 13.3. The molecule has 1 atom stereocenters. The summed E-state index contributed by atoms with van der Waals surface area (Å²) >= 11 is 1.99. The van der Waals surface area contributed by atoms with Gasteiger partial charge in [0, 0.05) is 12.8 Å². The van der Waals surface area contributed by atoms with Crippen LogP contribution in [0.2, 0.25) is 0 Å². The molecule has 5 nitrogen and oxygen atoms in total. The van der Waals surface area contributed by atoms with Gasteiger partial charge in [-0.2, -0.15) is 0 Å². The fraction of sp³-hybridized carbons (Fsp3) is 0.529. The van der Waals surface area contributed by atoms with Crippen LogP contribution in [0.4, 0.5) is 0 Å².